The second-order valence-electron chi connectivity index (χ2n) is 9.25. The lowest BCUT2D eigenvalue weighted by atomic mass is 10.0. The van der Waals surface area contributed by atoms with Gasteiger partial charge in [-0.3, -0.25) is 9.59 Å². The van der Waals surface area contributed by atoms with E-state index < -0.39 is 0 Å². The van der Waals surface area contributed by atoms with Crippen molar-refractivity contribution in [2.24, 2.45) is 0 Å². The fourth-order valence-corrected chi connectivity index (χ4v) is 5.70. The fourth-order valence-electron chi connectivity index (χ4n) is 5.70. The number of fused-ring (bicyclic) bond motifs is 8. The number of aromatic nitrogens is 1. The molecule has 36 heavy (non-hydrogen) atoms. The predicted octanol–water partition coefficient (Wildman–Crippen LogP) is 7.25. The molecule has 168 valence electrons. The van der Waals surface area contributed by atoms with E-state index in [1.807, 2.05) is 60.7 Å². The van der Waals surface area contributed by atoms with Gasteiger partial charge in [0.1, 0.15) is 11.2 Å². The molecule has 4 nitrogen and oxygen atoms in total. The zero-order valence-electron chi connectivity index (χ0n) is 19.0. The smallest absolute Gasteiger partial charge is 0.200 e. The van der Waals surface area contributed by atoms with Crippen LogP contribution in [0.5, 0.6) is 0 Å². The maximum absolute atomic E-state index is 13.6. The Labute approximate surface area is 204 Å². The standard InChI is InChI=1S/C32H17NO3/c34-31-22-9-3-6-12-29(22)36-30-17-25-23(16-26(30)31)19-14-13-18(15-24(19)32(25)35)33-27-10-4-1-7-20(27)21-8-2-5-11-28(21)33/h1-17H. The zero-order valence-corrected chi connectivity index (χ0v) is 19.0. The van der Waals surface area contributed by atoms with E-state index in [1.165, 1.54) is 10.8 Å². The molecule has 0 spiro atoms. The van der Waals surface area contributed by atoms with Gasteiger partial charge in [-0.05, 0) is 59.7 Å². The highest BCUT2D eigenvalue weighted by atomic mass is 16.3. The Kier molecular flexibility index (Phi) is 3.66. The van der Waals surface area contributed by atoms with Gasteiger partial charge < -0.3 is 8.98 Å². The van der Waals surface area contributed by atoms with E-state index in [2.05, 4.69) is 28.8 Å². The van der Waals surface area contributed by atoms with E-state index >= 15 is 0 Å². The Morgan fingerprint density at radius 1 is 0.500 bits per heavy atom. The van der Waals surface area contributed by atoms with Gasteiger partial charge in [-0.2, -0.15) is 0 Å². The predicted molar refractivity (Wildman–Crippen MR) is 143 cm³/mol. The third-order valence-corrected chi connectivity index (χ3v) is 7.34. The van der Waals surface area contributed by atoms with Gasteiger partial charge in [-0.1, -0.05) is 54.6 Å². The highest BCUT2D eigenvalue weighted by Gasteiger charge is 2.29. The molecular formula is C32H17NO3. The quantitative estimate of drug-likeness (QED) is 0.241. The maximum Gasteiger partial charge on any atom is 0.200 e. The first-order valence-corrected chi connectivity index (χ1v) is 11.9. The van der Waals surface area contributed by atoms with Crippen molar-refractivity contribution in [1.29, 1.82) is 0 Å². The number of rotatable bonds is 1. The Balaban J connectivity index is 1.38. The number of carbonyl (C=O) groups is 1. The third kappa shape index (κ3) is 2.42. The molecule has 5 aromatic carbocycles. The van der Waals surface area contributed by atoms with E-state index in [1.54, 1.807) is 18.2 Å². The molecule has 0 radical (unpaired) electrons. The van der Waals surface area contributed by atoms with Gasteiger partial charge >= 0.3 is 0 Å². The summed E-state index contributed by atoms with van der Waals surface area (Å²) in [5.74, 6) is -0.0553. The van der Waals surface area contributed by atoms with Crippen molar-refractivity contribution < 1.29 is 9.21 Å². The van der Waals surface area contributed by atoms with Crippen LogP contribution in [0.25, 0.3) is 60.6 Å². The van der Waals surface area contributed by atoms with Crippen LogP contribution in [-0.2, 0) is 0 Å². The molecule has 0 atom stereocenters. The summed E-state index contributed by atoms with van der Waals surface area (Å²) in [5, 5.41) is 3.37. The summed E-state index contributed by atoms with van der Waals surface area (Å²) < 4.78 is 8.23. The molecule has 0 N–H and O–H groups in total. The van der Waals surface area contributed by atoms with E-state index in [0.29, 0.717) is 33.1 Å². The molecule has 0 unspecified atom stereocenters. The summed E-state index contributed by atoms with van der Waals surface area (Å²) in [6.07, 6.45) is 0. The van der Waals surface area contributed by atoms with Crippen molar-refractivity contribution in [3.63, 3.8) is 0 Å². The highest BCUT2D eigenvalue weighted by Crippen LogP contribution is 2.41. The first-order valence-electron chi connectivity index (χ1n) is 11.9. The van der Waals surface area contributed by atoms with Crippen LogP contribution in [0, 0.1) is 0 Å². The monoisotopic (exact) mass is 463 g/mol. The van der Waals surface area contributed by atoms with Crippen LogP contribution >= 0.6 is 0 Å². The van der Waals surface area contributed by atoms with E-state index in [4.69, 9.17) is 4.42 Å². The Morgan fingerprint density at radius 2 is 1.14 bits per heavy atom. The first kappa shape index (κ1) is 19.4. The molecule has 0 saturated carbocycles. The first-order chi connectivity index (χ1) is 17.7. The minimum atomic E-state index is -0.0857. The van der Waals surface area contributed by atoms with Crippen molar-refractivity contribution in [3.05, 3.63) is 124 Å². The summed E-state index contributed by atoms with van der Waals surface area (Å²) in [4.78, 5) is 26.8. The molecule has 0 amide bonds. The average molecular weight is 463 g/mol. The molecule has 0 fully saturated rings. The number of hydrogen-bond donors (Lipinski definition) is 0. The molecule has 4 heteroatoms. The molecule has 1 aliphatic rings. The Morgan fingerprint density at radius 3 is 1.89 bits per heavy atom. The van der Waals surface area contributed by atoms with Crippen LogP contribution < -0.4 is 5.43 Å². The molecule has 1 aliphatic carbocycles. The lowest BCUT2D eigenvalue weighted by Crippen LogP contribution is -2.03. The van der Waals surface area contributed by atoms with Crippen LogP contribution in [0.2, 0.25) is 0 Å². The molecule has 0 bridgehead atoms. The third-order valence-electron chi connectivity index (χ3n) is 7.34. The van der Waals surface area contributed by atoms with Gasteiger partial charge in [0.25, 0.3) is 0 Å². The lowest BCUT2D eigenvalue weighted by Gasteiger charge is -2.10. The lowest BCUT2D eigenvalue weighted by molar-refractivity contribution is 0.104. The van der Waals surface area contributed by atoms with Crippen LogP contribution in [0.1, 0.15) is 15.9 Å². The second kappa shape index (κ2) is 6.80. The number of hydrogen-bond acceptors (Lipinski definition) is 3. The summed E-state index contributed by atoms with van der Waals surface area (Å²) in [6.45, 7) is 0. The summed E-state index contributed by atoms with van der Waals surface area (Å²) in [6, 6.07) is 33.4. The topological polar surface area (TPSA) is 52.2 Å². The number of ketones is 1. The minimum Gasteiger partial charge on any atom is -0.456 e. The van der Waals surface area contributed by atoms with Crippen LogP contribution in [0.3, 0.4) is 0 Å². The van der Waals surface area contributed by atoms with Crippen LogP contribution in [0.15, 0.2) is 112 Å². The SMILES string of the molecule is O=C1c2cc(-n3c4ccccc4c4ccccc43)ccc2-c2cc3c(=O)c4ccccc4oc3cc21. The maximum atomic E-state index is 13.6. The highest BCUT2D eigenvalue weighted by molar-refractivity contribution is 6.23. The van der Waals surface area contributed by atoms with Gasteiger partial charge in [-0.15, -0.1) is 0 Å². The normalized spacial score (nSPS) is 12.6. The van der Waals surface area contributed by atoms with Crippen molar-refractivity contribution in [2.75, 3.05) is 0 Å². The van der Waals surface area contributed by atoms with Gasteiger partial charge in [0.05, 0.1) is 21.8 Å². The summed E-state index contributed by atoms with van der Waals surface area (Å²) >= 11 is 0. The van der Waals surface area contributed by atoms with Crippen molar-refractivity contribution in [3.8, 4) is 16.8 Å². The van der Waals surface area contributed by atoms with Gasteiger partial charge in [0, 0.05) is 27.6 Å². The van der Waals surface area contributed by atoms with Crippen LogP contribution in [0.4, 0.5) is 0 Å². The molecule has 2 heterocycles. The minimum absolute atomic E-state index is 0.0553. The molecule has 0 saturated heterocycles. The van der Waals surface area contributed by atoms with Gasteiger partial charge in [-0.25, -0.2) is 0 Å². The van der Waals surface area contributed by atoms with Crippen LogP contribution in [-0.4, -0.2) is 10.4 Å². The Hall–Kier alpha value is -4.96. The van der Waals surface area contributed by atoms with E-state index in [0.717, 1.165) is 27.8 Å². The summed E-state index contributed by atoms with van der Waals surface area (Å²) in [7, 11) is 0. The summed E-state index contributed by atoms with van der Waals surface area (Å²) in [5.41, 5.74) is 6.80. The van der Waals surface area contributed by atoms with Gasteiger partial charge in [0.15, 0.2) is 5.78 Å². The number of nitrogens with zero attached hydrogens (tertiary/aromatic N) is 1. The molecule has 2 aromatic heterocycles. The average Bonchev–Trinajstić information content (AvgIpc) is 3.40. The number of carbonyl (C=O) groups excluding carboxylic acids is 1. The van der Waals surface area contributed by atoms with Crippen molar-refractivity contribution in [1.82, 2.24) is 4.57 Å². The van der Waals surface area contributed by atoms with E-state index in [9.17, 15) is 9.59 Å². The van der Waals surface area contributed by atoms with Crippen molar-refractivity contribution >= 4 is 49.5 Å². The second-order valence-corrected chi connectivity index (χ2v) is 9.25. The fraction of sp³-hybridized carbons (Fsp3) is 0. The van der Waals surface area contributed by atoms with Gasteiger partial charge in [0.2, 0.25) is 5.43 Å². The number of para-hydroxylation sites is 3. The Bertz CT molecular complexity index is 2090. The molecular weight excluding hydrogens is 446 g/mol. The molecule has 8 rings (SSSR count). The molecule has 7 aromatic rings. The van der Waals surface area contributed by atoms with Crippen molar-refractivity contribution in [2.45, 2.75) is 0 Å². The van der Waals surface area contributed by atoms with E-state index in [-0.39, 0.29) is 11.2 Å². The molecule has 0 aliphatic heterocycles. The zero-order chi connectivity index (χ0) is 24.0. The number of benzene rings is 5. The largest absolute Gasteiger partial charge is 0.456 e.